The van der Waals surface area contributed by atoms with Crippen molar-refractivity contribution in [3.05, 3.63) is 65.5 Å². The number of rotatable bonds is 6. The number of aryl methyl sites for hydroxylation is 1. The summed E-state index contributed by atoms with van der Waals surface area (Å²) in [6.45, 7) is 13.7. The van der Waals surface area contributed by atoms with Crippen LogP contribution in [0.15, 0.2) is 53.7 Å². The van der Waals surface area contributed by atoms with E-state index < -0.39 is 0 Å². The van der Waals surface area contributed by atoms with Crippen LogP contribution in [0.25, 0.3) is 5.52 Å². The van der Waals surface area contributed by atoms with Gasteiger partial charge in [-0.25, -0.2) is 8.82 Å². The molecular formula is C26H36N4OS. The molecule has 0 aliphatic carbocycles. The van der Waals surface area contributed by atoms with Gasteiger partial charge in [0, 0.05) is 37.3 Å². The van der Waals surface area contributed by atoms with E-state index in [0.29, 0.717) is 24.6 Å². The van der Waals surface area contributed by atoms with Crippen LogP contribution in [0.4, 0.5) is 0 Å². The van der Waals surface area contributed by atoms with Crippen molar-refractivity contribution in [2.45, 2.75) is 58.3 Å². The van der Waals surface area contributed by atoms with Crippen molar-refractivity contribution in [1.82, 2.24) is 18.8 Å². The maximum Gasteiger partial charge on any atom is 0.257 e. The van der Waals surface area contributed by atoms with Crippen LogP contribution in [0.2, 0.25) is 0 Å². The minimum absolute atomic E-state index is 0.0662. The van der Waals surface area contributed by atoms with Crippen LogP contribution in [-0.2, 0) is 0 Å². The van der Waals surface area contributed by atoms with E-state index in [-0.39, 0.29) is 5.91 Å². The molecule has 0 bridgehead atoms. The summed E-state index contributed by atoms with van der Waals surface area (Å²) in [5.41, 5.74) is 4.23. The predicted octanol–water partition coefficient (Wildman–Crippen LogP) is 6.04. The molecule has 3 aromatic rings. The van der Waals surface area contributed by atoms with Crippen LogP contribution in [-0.4, -0.2) is 50.9 Å². The van der Waals surface area contributed by atoms with Crippen molar-refractivity contribution in [3.63, 3.8) is 0 Å². The molecule has 0 unspecified atom stereocenters. The van der Waals surface area contributed by atoms with Gasteiger partial charge in [0.2, 0.25) is 0 Å². The molecule has 1 saturated heterocycles. The molecule has 5 nitrogen and oxygen atoms in total. The quantitative estimate of drug-likeness (QED) is 0.428. The summed E-state index contributed by atoms with van der Waals surface area (Å²) in [4.78, 5) is 16.0. The first-order chi connectivity index (χ1) is 15.6. The Morgan fingerprint density at radius 1 is 1.09 bits per heavy atom. The van der Waals surface area contributed by atoms with Crippen molar-refractivity contribution in [2.75, 3.05) is 26.2 Å². The lowest BCUT2D eigenvalue weighted by Crippen LogP contribution is -2.30. The molecule has 1 aliphatic heterocycles. The second-order valence-corrected chi connectivity index (χ2v) is 9.10. The Labute approximate surface area is 196 Å². The van der Waals surface area contributed by atoms with E-state index in [1.54, 1.807) is 6.20 Å². The fourth-order valence-electron chi connectivity index (χ4n) is 4.13. The fraction of sp³-hybridized carbons (Fsp3) is 0.462. The van der Waals surface area contributed by atoms with Crippen LogP contribution in [0.5, 0.6) is 0 Å². The van der Waals surface area contributed by atoms with Crippen LogP contribution >= 0.6 is 11.9 Å². The minimum Gasteiger partial charge on any atom is -0.339 e. The Bertz CT molecular complexity index is 1000. The van der Waals surface area contributed by atoms with Gasteiger partial charge in [-0.3, -0.25) is 4.79 Å². The van der Waals surface area contributed by atoms with Gasteiger partial charge in [0.1, 0.15) is 0 Å². The standard InChI is InChI=1S/C24H30N4OS.C2H6/c1-4-26(5-2)24(29)22-17-25-28-15-12-20(16-23(22)28)19-10-13-27(14-11-19)30-21-8-6-18(3)7-9-21;1-2/h6-9,12,15-17,19H,4-5,10-11,13-14H2,1-3H3;1-2H3. The fourth-order valence-corrected chi connectivity index (χ4v) is 5.07. The molecule has 6 heteroatoms. The third kappa shape index (κ3) is 5.54. The minimum atomic E-state index is 0.0662. The molecule has 0 spiro atoms. The predicted molar refractivity (Wildman–Crippen MR) is 134 cm³/mol. The molecule has 1 aromatic carbocycles. The lowest BCUT2D eigenvalue weighted by atomic mass is 9.90. The van der Waals surface area contributed by atoms with Gasteiger partial charge in [0.25, 0.3) is 5.91 Å². The number of carbonyl (C=O) groups is 1. The summed E-state index contributed by atoms with van der Waals surface area (Å²) in [5.74, 6) is 0.590. The molecule has 172 valence electrons. The van der Waals surface area contributed by atoms with Crippen molar-refractivity contribution in [1.29, 1.82) is 0 Å². The second-order valence-electron chi connectivity index (χ2n) is 7.93. The highest BCUT2D eigenvalue weighted by atomic mass is 32.2. The third-order valence-electron chi connectivity index (χ3n) is 6.01. The zero-order chi connectivity index (χ0) is 23.1. The third-order valence-corrected chi connectivity index (χ3v) is 7.11. The number of aromatic nitrogens is 2. The number of pyridine rings is 1. The SMILES string of the molecule is CC.CCN(CC)C(=O)c1cnn2ccc(C3CCN(Sc4ccc(C)cc4)CC3)cc12. The van der Waals surface area contributed by atoms with E-state index in [9.17, 15) is 4.79 Å². The van der Waals surface area contributed by atoms with Gasteiger partial charge < -0.3 is 4.90 Å². The zero-order valence-electron chi connectivity index (χ0n) is 20.0. The van der Waals surface area contributed by atoms with Crippen LogP contribution in [0.1, 0.15) is 67.9 Å². The summed E-state index contributed by atoms with van der Waals surface area (Å²) in [7, 11) is 0. The van der Waals surface area contributed by atoms with E-state index in [2.05, 4.69) is 52.7 Å². The number of amides is 1. The first-order valence-corrected chi connectivity index (χ1v) is 12.6. The topological polar surface area (TPSA) is 40.9 Å². The summed E-state index contributed by atoms with van der Waals surface area (Å²) >= 11 is 1.86. The number of benzene rings is 1. The molecule has 32 heavy (non-hydrogen) atoms. The number of carbonyl (C=O) groups excluding carboxylic acids is 1. The van der Waals surface area contributed by atoms with Crippen molar-refractivity contribution >= 4 is 23.4 Å². The second kappa shape index (κ2) is 11.5. The van der Waals surface area contributed by atoms with Gasteiger partial charge in [-0.05, 0) is 81.3 Å². The van der Waals surface area contributed by atoms with Crippen molar-refractivity contribution in [3.8, 4) is 0 Å². The summed E-state index contributed by atoms with van der Waals surface area (Å²) < 4.78 is 4.29. The first-order valence-electron chi connectivity index (χ1n) is 11.8. The summed E-state index contributed by atoms with van der Waals surface area (Å²) in [6.07, 6.45) is 5.96. The lowest BCUT2D eigenvalue weighted by Gasteiger charge is -2.31. The molecular weight excluding hydrogens is 416 g/mol. The molecule has 0 saturated carbocycles. The van der Waals surface area contributed by atoms with Gasteiger partial charge in [-0.1, -0.05) is 31.5 Å². The molecule has 3 heterocycles. The number of nitrogens with zero attached hydrogens (tertiary/aromatic N) is 4. The van der Waals surface area contributed by atoms with E-state index in [0.717, 1.165) is 31.4 Å². The van der Waals surface area contributed by atoms with Crippen LogP contribution < -0.4 is 0 Å². The van der Waals surface area contributed by atoms with E-state index in [4.69, 9.17) is 0 Å². The van der Waals surface area contributed by atoms with Crippen molar-refractivity contribution < 1.29 is 4.79 Å². The van der Waals surface area contributed by atoms with E-state index in [1.807, 2.05) is 55.3 Å². The lowest BCUT2D eigenvalue weighted by molar-refractivity contribution is 0.0775. The van der Waals surface area contributed by atoms with Gasteiger partial charge >= 0.3 is 0 Å². The maximum absolute atomic E-state index is 12.9. The summed E-state index contributed by atoms with van der Waals surface area (Å²) in [5, 5.41) is 4.40. The highest BCUT2D eigenvalue weighted by Gasteiger charge is 2.23. The molecule has 1 fully saturated rings. The smallest absolute Gasteiger partial charge is 0.257 e. The van der Waals surface area contributed by atoms with Gasteiger partial charge in [0.05, 0.1) is 17.3 Å². The van der Waals surface area contributed by atoms with Crippen molar-refractivity contribution in [2.24, 2.45) is 0 Å². The van der Waals surface area contributed by atoms with Crippen LogP contribution in [0.3, 0.4) is 0 Å². The van der Waals surface area contributed by atoms with Gasteiger partial charge in [-0.2, -0.15) is 5.10 Å². The highest BCUT2D eigenvalue weighted by Crippen LogP contribution is 2.34. The Hall–Kier alpha value is -2.31. The average molecular weight is 453 g/mol. The molecule has 0 atom stereocenters. The first kappa shape index (κ1) is 24.3. The zero-order valence-corrected chi connectivity index (χ0v) is 20.9. The molecule has 1 aliphatic rings. The normalized spacial score (nSPS) is 14.8. The Balaban J connectivity index is 0.00000141. The largest absolute Gasteiger partial charge is 0.339 e. The number of hydrogen-bond acceptors (Lipinski definition) is 4. The number of hydrogen-bond donors (Lipinski definition) is 0. The Morgan fingerprint density at radius 3 is 2.38 bits per heavy atom. The maximum atomic E-state index is 12.9. The molecule has 2 aromatic heterocycles. The molecule has 0 N–H and O–H groups in total. The average Bonchev–Trinajstić information content (AvgIpc) is 3.26. The Morgan fingerprint density at radius 2 is 1.75 bits per heavy atom. The van der Waals surface area contributed by atoms with Crippen LogP contribution in [0, 0.1) is 6.92 Å². The number of piperidine rings is 1. The number of fused-ring (bicyclic) bond motifs is 1. The Kier molecular flexibility index (Phi) is 8.76. The highest BCUT2D eigenvalue weighted by molar-refractivity contribution is 7.97. The molecule has 0 radical (unpaired) electrons. The van der Waals surface area contributed by atoms with E-state index >= 15 is 0 Å². The summed E-state index contributed by atoms with van der Waals surface area (Å²) in [6, 6.07) is 13.1. The van der Waals surface area contributed by atoms with Gasteiger partial charge in [0.15, 0.2) is 0 Å². The van der Waals surface area contributed by atoms with Gasteiger partial charge in [-0.15, -0.1) is 0 Å². The van der Waals surface area contributed by atoms with E-state index in [1.165, 1.54) is 16.0 Å². The molecule has 1 amide bonds. The monoisotopic (exact) mass is 452 g/mol. The molecule has 4 rings (SSSR count).